The van der Waals surface area contributed by atoms with Gasteiger partial charge >= 0.3 is 210 Å². The zero-order valence-electron chi connectivity index (χ0n) is 9.52. The van der Waals surface area contributed by atoms with Crippen molar-refractivity contribution in [1.82, 2.24) is 0 Å². The van der Waals surface area contributed by atoms with Gasteiger partial charge in [-0.3, -0.25) is 0 Å². The minimum Gasteiger partial charge on any atom is 3.00 e. The van der Waals surface area contributed by atoms with Crippen molar-refractivity contribution in [2.75, 3.05) is 0 Å². The van der Waals surface area contributed by atoms with Crippen LogP contribution in [0.4, 0.5) is 0 Å². The molecule has 0 aromatic rings. The minimum absolute atomic E-state index is 0. The zero-order chi connectivity index (χ0) is 16.2. The van der Waals surface area contributed by atoms with Gasteiger partial charge in [-0.25, -0.2) is 0 Å². The Morgan fingerprint density at radius 1 is 0.400 bits per heavy atom. The molecule has 0 aliphatic carbocycles. The van der Waals surface area contributed by atoms with Crippen LogP contribution in [0.1, 0.15) is 0 Å². The van der Waals surface area contributed by atoms with Crippen LogP contribution in [0.25, 0.3) is 0 Å². The average molecular weight is 862 g/mol. The average Bonchev–Trinajstić information content (AvgIpc) is 2.23. The van der Waals surface area contributed by atoms with E-state index in [4.69, 9.17) is 47.5 Å². The number of hydrogen-bond acceptors (Lipinski definition) is 12. The monoisotopic (exact) mass is 869 g/mol. The molecule has 0 atom stereocenters. The van der Waals surface area contributed by atoms with Crippen LogP contribution in [-0.4, -0.2) is 94.2 Å². The SMILES string of the molecule is [La+3].[O]=[GeH][O-].[O]=[GeH][O-].[O]=[GeH][O-].[O]=[GeH][O-].[O]=[GeH][O-].[O]=[GeH][O-].[Y+3]. The molecule has 0 spiro atoms. The molecular formula is H6Ge6LaO12Y. The van der Waals surface area contributed by atoms with E-state index in [1.54, 1.807) is 0 Å². The van der Waals surface area contributed by atoms with Gasteiger partial charge in [0.15, 0.2) is 0 Å². The topological polar surface area (TPSA) is 241 Å². The fourth-order valence-corrected chi connectivity index (χ4v) is 0. The molecule has 20 heteroatoms. The molecule has 0 heterocycles. The number of rotatable bonds is 0. The second-order valence-electron chi connectivity index (χ2n) is 0.577. The summed E-state index contributed by atoms with van der Waals surface area (Å²) in [5.74, 6) is 0. The molecular weight excluding hydrogens is 855 g/mol. The molecule has 0 fully saturated rings. The second kappa shape index (κ2) is 118. The Morgan fingerprint density at radius 2 is 0.400 bits per heavy atom. The van der Waals surface area contributed by atoms with Gasteiger partial charge in [0.25, 0.3) is 0 Å². The molecule has 0 unspecified atom stereocenters. The van der Waals surface area contributed by atoms with Gasteiger partial charge in [0.05, 0.1) is 0 Å². The first-order valence-electron chi connectivity index (χ1n) is 2.83. The smallest absolute Gasteiger partial charge is 3.00 e. The summed E-state index contributed by atoms with van der Waals surface area (Å²) in [6.45, 7) is 0. The van der Waals surface area contributed by atoms with E-state index in [9.17, 15) is 0 Å². The molecule has 0 saturated heterocycles. The summed E-state index contributed by atoms with van der Waals surface area (Å²) in [5, 5.41) is 0. The summed E-state index contributed by atoms with van der Waals surface area (Å²) < 4.78 is 102. The Balaban J connectivity index is -0.0000000141. The maximum absolute atomic E-state index is 8.53. The van der Waals surface area contributed by atoms with Crippen LogP contribution in [0.3, 0.4) is 0 Å². The third kappa shape index (κ3) is 863. The zero-order valence-corrected chi connectivity index (χ0v) is 30.5. The number of hydrogen-bond donors (Lipinski definition) is 0. The summed E-state index contributed by atoms with van der Waals surface area (Å²) in [7, 11) is 0. The van der Waals surface area contributed by atoms with Gasteiger partial charge in [-0.2, -0.15) is 0 Å². The van der Waals surface area contributed by atoms with E-state index in [-0.39, 0.29) is 68.3 Å². The van der Waals surface area contributed by atoms with Crippen molar-refractivity contribution in [3.05, 3.63) is 0 Å². The Hall–Kier alpha value is 3.16. The Labute approximate surface area is 206 Å². The third-order valence-electron chi connectivity index (χ3n) is 0. The van der Waals surface area contributed by atoms with Crippen molar-refractivity contribution in [2.45, 2.75) is 0 Å². The normalized spacial score (nSPS) is 3.60. The fraction of sp³-hybridized carbons (Fsp3) is 0. The van der Waals surface area contributed by atoms with E-state index < -0.39 is 94.2 Å². The van der Waals surface area contributed by atoms with Gasteiger partial charge in [0, 0.05) is 0 Å². The van der Waals surface area contributed by atoms with Gasteiger partial charge in [-0.15, -0.1) is 0 Å². The van der Waals surface area contributed by atoms with Crippen LogP contribution < -0.4 is 24.8 Å². The molecule has 0 aliphatic rings. The molecule has 0 amide bonds. The molecule has 20 heavy (non-hydrogen) atoms. The fourth-order valence-electron chi connectivity index (χ4n) is 0. The van der Waals surface area contributed by atoms with Crippen molar-refractivity contribution in [2.24, 2.45) is 0 Å². The first-order valence-corrected chi connectivity index (χ1v) is 14.7. The molecule has 0 aromatic carbocycles. The van der Waals surface area contributed by atoms with E-state index in [2.05, 4.69) is 0 Å². The summed E-state index contributed by atoms with van der Waals surface area (Å²) in [6, 6.07) is 0. The molecule has 0 bridgehead atoms. The largest absolute Gasteiger partial charge is 3.00 e. The van der Waals surface area contributed by atoms with Crippen LogP contribution in [0.2, 0.25) is 0 Å². The van der Waals surface area contributed by atoms with Crippen molar-refractivity contribution < 1.29 is 116 Å². The predicted octanol–water partition coefficient (Wildman–Crippen LogP) is -11.7. The second-order valence-corrected chi connectivity index (χ2v) is 3.00. The van der Waals surface area contributed by atoms with E-state index in [0.29, 0.717) is 0 Å². The molecule has 108 valence electrons. The van der Waals surface area contributed by atoms with Gasteiger partial charge in [0.1, 0.15) is 0 Å². The van der Waals surface area contributed by atoms with Crippen LogP contribution in [0.5, 0.6) is 0 Å². The van der Waals surface area contributed by atoms with Crippen LogP contribution in [0.15, 0.2) is 0 Å². The molecule has 0 aliphatic heterocycles. The summed E-state index contributed by atoms with van der Waals surface area (Å²) in [4.78, 5) is 0. The molecule has 0 saturated carbocycles. The molecule has 0 radical (unpaired) electrons. The van der Waals surface area contributed by atoms with Crippen LogP contribution >= 0.6 is 0 Å². The van der Waals surface area contributed by atoms with E-state index in [0.717, 1.165) is 0 Å². The first kappa shape index (κ1) is 49.5. The van der Waals surface area contributed by atoms with Gasteiger partial charge in [0.2, 0.25) is 0 Å². The van der Waals surface area contributed by atoms with Gasteiger partial charge < -0.3 is 0 Å². The quantitative estimate of drug-likeness (QED) is 0.207. The predicted molar refractivity (Wildman–Crippen MR) is 47.0 cm³/mol. The molecule has 0 N–H and O–H groups in total. The first-order chi connectivity index (χ1) is 8.49. The van der Waals surface area contributed by atoms with E-state index >= 15 is 0 Å². The van der Waals surface area contributed by atoms with E-state index in [1.165, 1.54) is 0 Å². The van der Waals surface area contributed by atoms with Crippen molar-refractivity contribution >= 4 is 94.2 Å². The van der Waals surface area contributed by atoms with Crippen molar-refractivity contribution in [1.29, 1.82) is 0 Å². The molecule has 0 aromatic heterocycles. The molecule has 0 rings (SSSR count). The maximum Gasteiger partial charge on any atom is 3.00 e. The molecule has 12 nitrogen and oxygen atoms in total. The Kier molecular flexibility index (Phi) is 293. The summed E-state index contributed by atoms with van der Waals surface area (Å²) in [5.41, 5.74) is 0. The summed E-state index contributed by atoms with van der Waals surface area (Å²) in [6.07, 6.45) is 0. The summed E-state index contributed by atoms with van der Waals surface area (Å²) >= 11 is -13.1. The van der Waals surface area contributed by atoms with Crippen molar-refractivity contribution in [3.63, 3.8) is 0 Å². The Bertz CT molecular complexity index is 119. The van der Waals surface area contributed by atoms with E-state index in [1.807, 2.05) is 0 Å². The van der Waals surface area contributed by atoms with Gasteiger partial charge in [-0.1, -0.05) is 0 Å². The standard InChI is InChI=1S/6GeHO2.La.Y/c6*2-1-3;;/h6*1H;;/q6*-1;2*+3. The maximum atomic E-state index is 8.53. The Morgan fingerprint density at radius 3 is 0.400 bits per heavy atom. The minimum atomic E-state index is -2.19. The van der Waals surface area contributed by atoms with Crippen molar-refractivity contribution in [3.8, 4) is 0 Å². The third-order valence-corrected chi connectivity index (χ3v) is 0. The van der Waals surface area contributed by atoms with Crippen LogP contribution in [-0.2, 0) is 55.4 Å². The van der Waals surface area contributed by atoms with Crippen LogP contribution in [0, 0.1) is 35.6 Å². The van der Waals surface area contributed by atoms with Gasteiger partial charge in [-0.05, 0) is 0 Å².